The van der Waals surface area contributed by atoms with E-state index in [2.05, 4.69) is 13.8 Å². The van der Waals surface area contributed by atoms with Crippen molar-refractivity contribution in [1.29, 1.82) is 0 Å². The van der Waals surface area contributed by atoms with Gasteiger partial charge in [-0.15, -0.1) is 0 Å². The molecule has 0 aliphatic rings. The first-order valence-electron chi connectivity index (χ1n) is 8.76. The molecule has 0 saturated heterocycles. The molecule has 2 aromatic rings. The maximum Gasteiger partial charge on any atom is 0.139 e. The summed E-state index contributed by atoms with van der Waals surface area (Å²) in [6.45, 7) is 5.55. The van der Waals surface area contributed by atoms with Crippen LogP contribution in [0.15, 0.2) is 48.5 Å². The van der Waals surface area contributed by atoms with Gasteiger partial charge >= 0.3 is 0 Å². The molecule has 0 fully saturated rings. The second-order valence-corrected chi connectivity index (χ2v) is 7.46. The third-order valence-electron chi connectivity index (χ3n) is 3.77. The minimum Gasteiger partial charge on any atom is -0.493 e. The van der Waals surface area contributed by atoms with Gasteiger partial charge in [0.1, 0.15) is 19.3 Å². The van der Waals surface area contributed by atoms with Gasteiger partial charge in [-0.1, -0.05) is 51.0 Å². The molecule has 0 N–H and O–H groups in total. The van der Waals surface area contributed by atoms with Crippen LogP contribution in [-0.4, -0.2) is 13.2 Å². The van der Waals surface area contributed by atoms with E-state index < -0.39 is 7.80 Å². The van der Waals surface area contributed by atoms with Crippen molar-refractivity contribution in [2.75, 3.05) is 13.2 Å². The summed E-state index contributed by atoms with van der Waals surface area (Å²) in [4.78, 5) is 0. The average molecular weight is 346 g/mol. The minimum absolute atomic E-state index is 0.650. The van der Waals surface area contributed by atoms with Crippen molar-refractivity contribution in [3.05, 3.63) is 48.5 Å². The van der Waals surface area contributed by atoms with Gasteiger partial charge < -0.3 is 14.0 Å². The van der Waals surface area contributed by atoms with E-state index >= 15 is 0 Å². The number of hydrogen-bond acceptors (Lipinski definition) is 3. The molecule has 3 nitrogen and oxygen atoms in total. The van der Waals surface area contributed by atoms with Crippen molar-refractivity contribution < 1.29 is 14.0 Å². The van der Waals surface area contributed by atoms with Gasteiger partial charge in [-0.05, 0) is 37.1 Å². The van der Waals surface area contributed by atoms with Crippen LogP contribution in [0.4, 0.5) is 0 Å². The van der Waals surface area contributed by atoms with Crippen LogP contribution in [0.3, 0.4) is 0 Å². The number of ether oxygens (including phenoxy) is 2. The van der Waals surface area contributed by atoms with E-state index in [-0.39, 0.29) is 0 Å². The highest BCUT2D eigenvalue weighted by Crippen LogP contribution is 2.30. The largest absolute Gasteiger partial charge is 0.493 e. The van der Waals surface area contributed by atoms with E-state index in [1.165, 1.54) is 0 Å². The van der Waals surface area contributed by atoms with Crippen molar-refractivity contribution in [2.45, 2.75) is 39.5 Å². The van der Waals surface area contributed by atoms with Crippen LogP contribution in [0.1, 0.15) is 39.5 Å². The van der Waals surface area contributed by atoms with E-state index in [1.807, 2.05) is 48.5 Å². The Morgan fingerprint density at radius 2 is 1.17 bits per heavy atom. The van der Waals surface area contributed by atoms with E-state index in [4.69, 9.17) is 9.47 Å². The van der Waals surface area contributed by atoms with Crippen molar-refractivity contribution in [3.63, 3.8) is 0 Å². The highest BCUT2D eigenvalue weighted by atomic mass is 31.1. The van der Waals surface area contributed by atoms with Crippen LogP contribution in [-0.2, 0) is 4.57 Å². The standard InChI is InChI=1S/C20H27O3P/c1-3-5-15-22-17-11-7-9-13-19(17)24(21)20-14-10-8-12-18(20)23-16-6-4-2/h7-14,24H,3-6,15-16H2,1-2H3. The molecule has 2 rings (SSSR count). The van der Waals surface area contributed by atoms with E-state index in [0.717, 1.165) is 47.8 Å². The fraction of sp³-hybridized carbons (Fsp3) is 0.400. The van der Waals surface area contributed by atoms with Crippen LogP contribution >= 0.6 is 7.80 Å². The molecule has 0 saturated carbocycles. The smallest absolute Gasteiger partial charge is 0.139 e. The lowest BCUT2D eigenvalue weighted by molar-refractivity contribution is 0.311. The lowest BCUT2D eigenvalue weighted by Gasteiger charge is -2.14. The maximum absolute atomic E-state index is 13.2. The molecule has 0 radical (unpaired) electrons. The molecule has 0 bridgehead atoms. The molecule has 0 aliphatic heterocycles. The molecule has 0 atom stereocenters. The van der Waals surface area contributed by atoms with Gasteiger partial charge in [-0.2, -0.15) is 0 Å². The number of unbranched alkanes of at least 4 members (excludes halogenated alkanes) is 2. The number of para-hydroxylation sites is 2. The second kappa shape index (κ2) is 10.2. The summed E-state index contributed by atoms with van der Waals surface area (Å²) in [6, 6.07) is 15.2. The van der Waals surface area contributed by atoms with Crippen LogP contribution < -0.4 is 20.1 Å². The minimum atomic E-state index is -2.18. The topological polar surface area (TPSA) is 35.5 Å². The van der Waals surface area contributed by atoms with Crippen molar-refractivity contribution >= 4 is 18.4 Å². The Morgan fingerprint density at radius 3 is 1.58 bits per heavy atom. The maximum atomic E-state index is 13.2. The summed E-state index contributed by atoms with van der Waals surface area (Å²) >= 11 is 0. The van der Waals surface area contributed by atoms with Crippen LogP contribution in [0.25, 0.3) is 0 Å². The van der Waals surface area contributed by atoms with E-state index in [0.29, 0.717) is 13.2 Å². The molecule has 0 aliphatic carbocycles. The quantitative estimate of drug-likeness (QED) is 0.467. The molecule has 0 heterocycles. The van der Waals surface area contributed by atoms with Crippen LogP contribution in [0.2, 0.25) is 0 Å². The van der Waals surface area contributed by atoms with Gasteiger partial charge in [0.2, 0.25) is 0 Å². The second-order valence-electron chi connectivity index (χ2n) is 5.73. The summed E-state index contributed by atoms with van der Waals surface area (Å²) in [7, 11) is -2.18. The van der Waals surface area contributed by atoms with Crippen molar-refractivity contribution in [3.8, 4) is 11.5 Å². The van der Waals surface area contributed by atoms with Gasteiger partial charge in [0.05, 0.1) is 23.8 Å². The molecule has 0 spiro atoms. The first kappa shape index (κ1) is 18.6. The van der Waals surface area contributed by atoms with Gasteiger partial charge in [-0.25, -0.2) is 0 Å². The monoisotopic (exact) mass is 346 g/mol. The first-order chi connectivity index (χ1) is 11.8. The molecular formula is C20H27O3P. The lowest BCUT2D eigenvalue weighted by Crippen LogP contribution is -2.14. The summed E-state index contributed by atoms with van der Waals surface area (Å²) in [6.07, 6.45) is 4.13. The number of hydrogen-bond donors (Lipinski definition) is 0. The molecular weight excluding hydrogens is 319 g/mol. The van der Waals surface area contributed by atoms with E-state index in [1.54, 1.807) is 0 Å². The fourth-order valence-corrected chi connectivity index (χ4v) is 3.90. The van der Waals surface area contributed by atoms with Crippen LogP contribution in [0, 0.1) is 0 Å². The van der Waals surface area contributed by atoms with Gasteiger partial charge in [0, 0.05) is 0 Å². The zero-order valence-corrected chi connectivity index (χ0v) is 15.6. The van der Waals surface area contributed by atoms with Crippen molar-refractivity contribution in [2.24, 2.45) is 0 Å². The van der Waals surface area contributed by atoms with E-state index in [9.17, 15) is 4.57 Å². The zero-order valence-electron chi connectivity index (χ0n) is 14.6. The Bertz CT molecular complexity index is 599. The molecule has 2 aromatic carbocycles. The third-order valence-corrected chi connectivity index (χ3v) is 5.58. The summed E-state index contributed by atoms with van der Waals surface area (Å²) in [5, 5.41) is 1.54. The average Bonchev–Trinajstić information content (AvgIpc) is 2.62. The molecule has 130 valence electrons. The number of rotatable bonds is 10. The zero-order chi connectivity index (χ0) is 17.2. The molecule has 0 unspecified atom stereocenters. The normalized spacial score (nSPS) is 10.8. The van der Waals surface area contributed by atoms with Gasteiger partial charge in [0.15, 0.2) is 0 Å². The van der Waals surface area contributed by atoms with Crippen LogP contribution in [0.5, 0.6) is 11.5 Å². The molecule has 0 amide bonds. The SMILES string of the molecule is CCCCOc1ccccc1[PH](=O)c1ccccc1OCCCC. The Morgan fingerprint density at radius 1 is 0.750 bits per heavy atom. The van der Waals surface area contributed by atoms with Gasteiger partial charge in [0.25, 0.3) is 0 Å². The summed E-state index contributed by atoms with van der Waals surface area (Å²) in [5.41, 5.74) is 0. The fourth-order valence-electron chi connectivity index (χ4n) is 2.36. The Balaban J connectivity index is 2.22. The van der Waals surface area contributed by atoms with Gasteiger partial charge in [-0.3, -0.25) is 0 Å². The number of benzene rings is 2. The highest BCUT2D eigenvalue weighted by molar-refractivity contribution is 7.62. The highest BCUT2D eigenvalue weighted by Gasteiger charge is 2.16. The third kappa shape index (κ3) is 5.14. The lowest BCUT2D eigenvalue weighted by atomic mass is 10.3. The summed E-state index contributed by atoms with van der Waals surface area (Å²) < 4.78 is 24.9. The molecule has 4 heteroatoms. The first-order valence-corrected chi connectivity index (χ1v) is 10.2. The molecule has 24 heavy (non-hydrogen) atoms. The predicted molar refractivity (Wildman–Crippen MR) is 102 cm³/mol. The Kier molecular flexibility index (Phi) is 7.91. The summed E-state index contributed by atoms with van der Waals surface area (Å²) in [5.74, 6) is 1.44. The van der Waals surface area contributed by atoms with Crippen molar-refractivity contribution in [1.82, 2.24) is 0 Å². The predicted octanol–water partition coefficient (Wildman–Crippen LogP) is 4.55. The Hall–Kier alpha value is -1.73. The molecule has 0 aromatic heterocycles. The Labute approximate surface area is 145 Å².